The van der Waals surface area contributed by atoms with Crippen molar-refractivity contribution in [3.63, 3.8) is 0 Å². The van der Waals surface area contributed by atoms with E-state index >= 15 is 0 Å². The molecule has 4 saturated heterocycles. The summed E-state index contributed by atoms with van der Waals surface area (Å²) in [5, 5.41) is 37.1. The minimum atomic E-state index is -0.821. The standard InChI is InChI=1S/C59H73N11O7S/c1-34(2)55(59(74)69-32-45(71)25-50(69)58(73)63-36(4)40-10-12-41(13-11-40)56-37(5)62-33-78-56)52-27-54(66-77-52)75-21-18-39-17-20-67(28-35(39)3)29-38-22-46(23-38)76-53-24-42(16-19-61-53)70-43-14-15-44(70)31-68(30-43)49-26-48(64-65-57(49)60)47-8-6-7-9-51(47)72/h6-13,16,19,24,26-27,33-36,38-39,43-46,50,55,71-72H,14-15,17-18,20-23,25,28-32H2,1-5H3,(H2,60,65)(H,63,73)/t35-,36-,38?,39+,43+,44?,45+,46?,50-,55+/m0/s1. The number of aryl methyl sites for hydroxylation is 1. The maximum absolute atomic E-state index is 14.3. The second-order valence-electron chi connectivity index (χ2n) is 22.9. The Hall–Kier alpha value is -6.83. The molecule has 5 aliphatic rings. The third-order valence-electron chi connectivity index (χ3n) is 17.1. The molecule has 2 amide bonds. The summed E-state index contributed by atoms with van der Waals surface area (Å²) in [6.07, 6.45) is 7.55. The molecule has 8 heterocycles. The minimum absolute atomic E-state index is 0.0620. The zero-order valence-corrected chi connectivity index (χ0v) is 46.1. The molecule has 78 heavy (non-hydrogen) atoms. The number of carbonyl (C=O) groups excluding carboxylic acids is 2. The van der Waals surface area contributed by atoms with E-state index in [0.717, 1.165) is 104 Å². The fraction of sp³-hybridized carbons (Fsp3) is 0.508. The predicted octanol–water partition coefficient (Wildman–Crippen LogP) is 8.27. The Morgan fingerprint density at radius 1 is 0.923 bits per heavy atom. The Kier molecular flexibility index (Phi) is 15.6. The fourth-order valence-electron chi connectivity index (χ4n) is 12.9. The highest BCUT2D eigenvalue weighted by molar-refractivity contribution is 7.13. The molecule has 5 N–H and O–H groups in total. The van der Waals surface area contributed by atoms with Gasteiger partial charge in [-0.25, -0.2) is 9.97 Å². The molecule has 11 rings (SSSR count). The molecule has 1 aliphatic carbocycles. The molecule has 0 spiro atoms. The van der Waals surface area contributed by atoms with Crippen LogP contribution in [-0.2, 0) is 9.59 Å². The number of fused-ring (bicyclic) bond motifs is 2. The van der Waals surface area contributed by atoms with Crippen molar-refractivity contribution < 1.29 is 33.8 Å². The van der Waals surface area contributed by atoms with Crippen molar-refractivity contribution in [2.45, 2.75) is 122 Å². The first-order chi connectivity index (χ1) is 37.7. The molecule has 6 aromatic rings. The van der Waals surface area contributed by atoms with Gasteiger partial charge in [0.05, 0.1) is 46.2 Å². The fourth-order valence-corrected chi connectivity index (χ4v) is 13.7. The second kappa shape index (κ2) is 22.9. The molecule has 4 aliphatic heterocycles. The lowest BCUT2D eigenvalue weighted by molar-refractivity contribution is -0.141. The first kappa shape index (κ1) is 53.2. The maximum Gasteiger partial charge on any atom is 0.254 e. The number of phenolic OH excluding ortho intramolecular Hbond substituents is 1. The number of nitrogens with zero attached hydrogens (tertiary/aromatic N) is 9. The number of hydrogen-bond acceptors (Lipinski definition) is 17. The van der Waals surface area contributed by atoms with Crippen molar-refractivity contribution >= 4 is 40.3 Å². The number of aliphatic hydroxyl groups excluding tert-OH is 1. The van der Waals surface area contributed by atoms with Gasteiger partial charge in [0.15, 0.2) is 11.6 Å². The molecule has 412 valence electrons. The molecule has 5 fully saturated rings. The number of hydrogen-bond donors (Lipinski definition) is 4. The van der Waals surface area contributed by atoms with Crippen LogP contribution in [0.25, 0.3) is 21.7 Å². The van der Waals surface area contributed by atoms with Crippen molar-refractivity contribution in [1.82, 2.24) is 40.4 Å². The Morgan fingerprint density at radius 3 is 2.44 bits per heavy atom. The van der Waals surface area contributed by atoms with Crippen LogP contribution in [0.2, 0.25) is 0 Å². The van der Waals surface area contributed by atoms with E-state index in [0.29, 0.717) is 71.0 Å². The summed E-state index contributed by atoms with van der Waals surface area (Å²) in [5.41, 5.74) is 14.5. The Morgan fingerprint density at radius 2 is 1.71 bits per heavy atom. The van der Waals surface area contributed by atoms with E-state index in [1.54, 1.807) is 29.5 Å². The first-order valence-electron chi connectivity index (χ1n) is 27.9. The van der Waals surface area contributed by atoms with E-state index in [1.807, 2.05) is 81.9 Å². The zero-order valence-electron chi connectivity index (χ0n) is 45.3. The maximum atomic E-state index is 14.3. The van der Waals surface area contributed by atoms with Gasteiger partial charge >= 0.3 is 0 Å². The van der Waals surface area contributed by atoms with Crippen molar-refractivity contribution in [2.24, 2.45) is 23.7 Å². The SMILES string of the molecule is Cc1ncsc1-c1ccc([C@H](C)NC(=O)[C@@H]2C[C@@H](O)CN2C(=O)[C@@H](c2cc(OCC[C@H]3CCN(CC4CC(Oc5cc(N6C7CC[C@@H]6CN(c6cc(-c8ccccc8O)nnc6N)C7)ccn5)C4)C[C@@H]3C)no2)C(C)C)cc1. The summed E-state index contributed by atoms with van der Waals surface area (Å²) in [5.74, 6) is 2.13. The number of β-amino-alcohol motifs (C(OH)–C–C–N with tert-alkyl or cyclic N) is 1. The van der Waals surface area contributed by atoms with Crippen LogP contribution in [0.3, 0.4) is 0 Å². The van der Waals surface area contributed by atoms with E-state index in [-0.39, 0.29) is 48.6 Å². The predicted molar refractivity (Wildman–Crippen MR) is 299 cm³/mol. The Bertz CT molecular complexity index is 3040. The van der Waals surface area contributed by atoms with Crippen molar-refractivity contribution in [3.05, 3.63) is 102 Å². The molecular weight excluding hydrogens is 1010 g/mol. The summed E-state index contributed by atoms with van der Waals surface area (Å²) in [6.45, 7) is 15.5. The van der Waals surface area contributed by atoms with Crippen LogP contribution < -0.4 is 30.3 Å². The number of nitrogens with one attached hydrogen (secondary N) is 1. The quantitative estimate of drug-likeness (QED) is 0.0636. The van der Waals surface area contributed by atoms with Gasteiger partial charge in [0.25, 0.3) is 5.88 Å². The van der Waals surface area contributed by atoms with Gasteiger partial charge in [0.2, 0.25) is 17.7 Å². The average molecular weight is 1080 g/mol. The number of rotatable bonds is 18. The van der Waals surface area contributed by atoms with Gasteiger partial charge in [0.1, 0.15) is 23.8 Å². The van der Waals surface area contributed by atoms with E-state index in [2.05, 4.69) is 64.4 Å². The number of piperidine rings is 1. The highest BCUT2D eigenvalue weighted by Gasteiger charge is 2.45. The van der Waals surface area contributed by atoms with Crippen LogP contribution in [0.1, 0.15) is 102 Å². The van der Waals surface area contributed by atoms with Crippen LogP contribution in [0, 0.1) is 30.6 Å². The van der Waals surface area contributed by atoms with E-state index in [9.17, 15) is 19.8 Å². The summed E-state index contributed by atoms with van der Waals surface area (Å²) in [7, 11) is 0. The van der Waals surface area contributed by atoms with Gasteiger partial charge in [-0.05, 0) is 123 Å². The lowest BCUT2D eigenvalue weighted by atomic mass is 9.80. The van der Waals surface area contributed by atoms with Gasteiger partial charge in [-0.1, -0.05) is 57.2 Å². The molecule has 8 atom stereocenters. The molecule has 1 unspecified atom stereocenters. The van der Waals surface area contributed by atoms with Gasteiger partial charge < -0.3 is 54.9 Å². The first-order valence-corrected chi connectivity index (χ1v) is 28.8. The molecule has 2 bridgehead atoms. The number of amides is 2. The lowest BCUT2D eigenvalue weighted by Crippen LogP contribution is -2.54. The number of aromatic nitrogens is 5. The number of likely N-dealkylation sites (tertiary alicyclic amines) is 2. The summed E-state index contributed by atoms with van der Waals surface area (Å²) >= 11 is 1.60. The highest BCUT2D eigenvalue weighted by Crippen LogP contribution is 2.41. The Labute approximate surface area is 460 Å². The van der Waals surface area contributed by atoms with E-state index in [1.165, 1.54) is 4.90 Å². The van der Waals surface area contributed by atoms with Crippen LogP contribution in [-0.4, -0.2) is 133 Å². The van der Waals surface area contributed by atoms with Gasteiger partial charge in [-0.15, -0.1) is 21.5 Å². The number of para-hydroxylation sites is 1. The number of nitrogen functional groups attached to an aromatic ring is 1. The number of ether oxygens (including phenoxy) is 2. The normalized spacial score (nSPS) is 25.0. The minimum Gasteiger partial charge on any atom is -0.507 e. The molecule has 0 radical (unpaired) electrons. The highest BCUT2D eigenvalue weighted by atomic mass is 32.1. The van der Waals surface area contributed by atoms with E-state index in [4.69, 9.17) is 19.7 Å². The molecule has 4 aromatic heterocycles. The lowest BCUT2D eigenvalue weighted by Gasteiger charge is -2.44. The topological polar surface area (TPSA) is 222 Å². The molecule has 2 aromatic carbocycles. The second-order valence-corrected chi connectivity index (χ2v) is 23.7. The number of carbonyl (C=O) groups is 2. The number of thiazole rings is 1. The third-order valence-corrected chi connectivity index (χ3v) is 18.1. The van der Waals surface area contributed by atoms with Crippen LogP contribution in [0.15, 0.2) is 89.0 Å². The monoisotopic (exact) mass is 1080 g/mol. The summed E-state index contributed by atoms with van der Waals surface area (Å²) in [4.78, 5) is 47.2. The number of anilines is 3. The largest absolute Gasteiger partial charge is 0.507 e. The number of phenols is 1. The van der Waals surface area contributed by atoms with Gasteiger partial charge in [-0.3, -0.25) is 9.59 Å². The number of pyridine rings is 1. The molecule has 19 heteroatoms. The van der Waals surface area contributed by atoms with E-state index < -0.39 is 18.1 Å². The number of piperazine rings is 1. The van der Waals surface area contributed by atoms with Crippen LogP contribution in [0.5, 0.6) is 17.5 Å². The number of aliphatic hydroxyl groups is 1. The summed E-state index contributed by atoms with van der Waals surface area (Å²) in [6, 6.07) is 22.6. The molecule has 1 saturated carbocycles. The average Bonchev–Trinajstić information content (AvgIpc) is 4.31. The number of aromatic hydroxyl groups is 1. The van der Waals surface area contributed by atoms with Crippen molar-refractivity contribution in [3.8, 4) is 39.2 Å². The van der Waals surface area contributed by atoms with Gasteiger partial charge in [-0.2, -0.15) is 0 Å². The smallest absolute Gasteiger partial charge is 0.254 e. The number of benzene rings is 2. The van der Waals surface area contributed by atoms with Gasteiger partial charge in [0, 0.05) is 80.8 Å². The van der Waals surface area contributed by atoms with Crippen LogP contribution in [0.4, 0.5) is 17.2 Å². The third kappa shape index (κ3) is 11.4. The number of nitrogens with two attached hydrogens (primary N) is 1. The zero-order chi connectivity index (χ0) is 54.2. The summed E-state index contributed by atoms with van der Waals surface area (Å²) < 4.78 is 18.4. The van der Waals surface area contributed by atoms with Crippen LogP contribution >= 0.6 is 11.3 Å². The van der Waals surface area contributed by atoms with Crippen molar-refractivity contribution in [1.29, 1.82) is 0 Å². The molecule has 18 nitrogen and oxygen atoms in total. The molecular formula is C59H73N11O7S. The van der Waals surface area contributed by atoms with Crippen molar-refractivity contribution in [2.75, 3.05) is 61.4 Å². The Balaban J connectivity index is 0.610.